The number of carboxylic acids is 1. The highest BCUT2D eigenvalue weighted by Crippen LogP contribution is 1.93. The molecular formula is C9H11N3O3. The molecule has 1 N–H and O–H groups in total. The number of hydrogen-bond donors (Lipinski definition) is 1. The van der Waals surface area contributed by atoms with Gasteiger partial charge < -0.3 is 15.2 Å². The van der Waals surface area contributed by atoms with Crippen LogP contribution in [0.2, 0.25) is 0 Å². The minimum atomic E-state index is -1.32. The predicted octanol–water partition coefficient (Wildman–Crippen LogP) is -2.23. The van der Waals surface area contributed by atoms with E-state index in [0.29, 0.717) is 5.56 Å². The van der Waals surface area contributed by atoms with Gasteiger partial charge >= 0.3 is 0 Å². The summed E-state index contributed by atoms with van der Waals surface area (Å²) in [7, 11) is 1.71. The van der Waals surface area contributed by atoms with E-state index in [4.69, 9.17) is 0 Å². The zero-order chi connectivity index (χ0) is 11.4. The van der Waals surface area contributed by atoms with Crippen molar-refractivity contribution in [3.63, 3.8) is 0 Å². The third-order valence-corrected chi connectivity index (χ3v) is 1.81. The second-order valence-electron chi connectivity index (χ2n) is 3.10. The molecule has 0 aliphatic rings. The van der Waals surface area contributed by atoms with Crippen molar-refractivity contribution in [1.29, 1.82) is 0 Å². The van der Waals surface area contributed by atoms with Gasteiger partial charge in [-0.15, -0.1) is 0 Å². The van der Waals surface area contributed by atoms with Crippen molar-refractivity contribution in [3.8, 4) is 0 Å². The lowest BCUT2D eigenvalue weighted by Crippen LogP contribution is -2.46. The molecule has 1 aromatic rings. The summed E-state index contributed by atoms with van der Waals surface area (Å²) in [5.74, 6) is -1.81. The first-order valence-electron chi connectivity index (χ1n) is 4.34. The Hall–Kier alpha value is -1.98. The molecule has 0 saturated carbocycles. The number of hydrogen-bond acceptors (Lipinski definition) is 4. The highest BCUT2D eigenvalue weighted by Gasteiger charge is 2.11. The second kappa shape index (κ2) is 4.50. The van der Waals surface area contributed by atoms with E-state index in [9.17, 15) is 14.7 Å². The van der Waals surface area contributed by atoms with Crippen LogP contribution in [0.5, 0.6) is 0 Å². The maximum atomic E-state index is 11.4. The van der Waals surface area contributed by atoms with Crippen LogP contribution in [-0.2, 0) is 11.8 Å². The minimum absolute atomic E-state index is 0.307. The Kier molecular flexibility index (Phi) is 3.33. The molecule has 6 heteroatoms. The standard InChI is InChI=1S/C9H11N3O3/c1-6(9(14)15)11-8(13)7-3-4-12(2)10-5-7/h3-6H,1-2H3,(H-,11,13,14,15). The minimum Gasteiger partial charge on any atom is -0.548 e. The molecule has 15 heavy (non-hydrogen) atoms. The van der Waals surface area contributed by atoms with Crippen molar-refractivity contribution in [1.82, 2.24) is 10.4 Å². The van der Waals surface area contributed by atoms with Crippen LogP contribution in [0.1, 0.15) is 17.3 Å². The summed E-state index contributed by atoms with van der Waals surface area (Å²) in [6.07, 6.45) is 2.95. The molecule has 1 unspecified atom stereocenters. The van der Waals surface area contributed by atoms with E-state index < -0.39 is 17.9 Å². The molecule has 0 aromatic carbocycles. The molecule has 6 nitrogen and oxygen atoms in total. The zero-order valence-electron chi connectivity index (χ0n) is 8.43. The number of aryl methyl sites for hydroxylation is 1. The SMILES string of the molecule is CC(NC(=O)c1cc[n+](C)nc1)C(=O)[O-]. The lowest BCUT2D eigenvalue weighted by atomic mass is 10.2. The fraction of sp³-hybridized carbons (Fsp3) is 0.333. The van der Waals surface area contributed by atoms with Crippen molar-refractivity contribution in [2.75, 3.05) is 0 Å². The summed E-state index contributed by atoms with van der Waals surface area (Å²) in [5.41, 5.74) is 0.307. The van der Waals surface area contributed by atoms with Crippen LogP contribution in [0.25, 0.3) is 0 Å². The fourth-order valence-electron chi connectivity index (χ4n) is 0.896. The smallest absolute Gasteiger partial charge is 0.253 e. The largest absolute Gasteiger partial charge is 0.548 e. The molecule has 1 amide bonds. The second-order valence-corrected chi connectivity index (χ2v) is 3.10. The van der Waals surface area contributed by atoms with Crippen LogP contribution in [0.3, 0.4) is 0 Å². The highest BCUT2D eigenvalue weighted by atomic mass is 16.4. The number of carboxylic acid groups (broad SMARTS) is 1. The van der Waals surface area contributed by atoms with Crippen molar-refractivity contribution in [2.45, 2.75) is 13.0 Å². The average Bonchev–Trinajstić information content (AvgIpc) is 2.18. The number of nitrogens with one attached hydrogen (secondary N) is 1. The van der Waals surface area contributed by atoms with Gasteiger partial charge in [0.15, 0.2) is 13.2 Å². The van der Waals surface area contributed by atoms with Crippen molar-refractivity contribution >= 4 is 11.9 Å². The molecule has 0 spiro atoms. The summed E-state index contributed by atoms with van der Waals surface area (Å²) in [4.78, 5) is 21.8. The van der Waals surface area contributed by atoms with E-state index in [1.165, 1.54) is 17.8 Å². The normalized spacial score (nSPS) is 11.9. The number of nitrogens with zero attached hydrogens (tertiary/aromatic N) is 2. The van der Waals surface area contributed by atoms with Gasteiger partial charge in [0.25, 0.3) is 5.91 Å². The van der Waals surface area contributed by atoms with E-state index in [1.54, 1.807) is 19.3 Å². The van der Waals surface area contributed by atoms with Gasteiger partial charge in [0.05, 0.1) is 17.6 Å². The van der Waals surface area contributed by atoms with E-state index in [2.05, 4.69) is 10.4 Å². The van der Waals surface area contributed by atoms with E-state index >= 15 is 0 Å². The molecular weight excluding hydrogens is 198 g/mol. The molecule has 1 rings (SSSR count). The molecule has 0 radical (unpaired) electrons. The van der Waals surface area contributed by atoms with Gasteiger partial charge in [0, 0.05) is 6.07 Å². The maximum absolute atomic E-state index is 11.4. The van der Waals surface area contributed by atoms with Gasteiger partial charge in [-0.25, -0.2) is 0 Å². The van der Waals surface area contributed by atoms with Crippen LogP contribution in [0.15, 0.2) is 18.5 Å². The monoisotopic (exact) mass is 209 g/mol. The van der Waals surface area contributed by atoms with Crippen LogP contribution in [0, 0.1) is 0 Å². The molecule has 0 saturated heterocycles. The van der Waals surface area contributed by atoms with E-state index in [1.807, 2.05) is 0 Å². The van der Waals surface area contributed by atoms with Crippen LogP contribution < -0.4 is 15.1 Å². The third-order valence-electron chi connectivity index (χ3n) is 1.81. The Balaban J connectivity index is 2.69. The third kappa shape index (κ3) is 3.01. The van der Waals surface area contributed by atoms with Gasteiger partial charge in [0.1, 0.15) is 6.20 Å². The highest BCUT2D eigenvalue weighted by molar-refractivity contribution is 5.95. The Bertz CT molecular complexity index is 375. The predicted molar refractivity (Wildman–Crippen MR) is 47.3 cm³/mol. The molecule has 0 aliphatic carbocycles. The summed E-state index contributed by atoms with van der Waals surface area (Å²) >= 11 is 0. The summed E-state index contributed by atoms with van der Waals surface area (Å²) in [6.45, 7) is 1.34. The lowest BCUT2D eigenvalue weighted by Gasteiger charge is -2.13. The van der Waals surface area contributed by atoms with Gasteiger partial charge in [-0.1, -0.05) is 4.68 Å². The van der Waals surface area contributed by atoms with Crippen molar-refractivity contribution < 1.29 is 19.4 Å². The Morgan fingerprint density at radius 3 is 2.73 bits per heavy atom. The Labute approximate surface area is 86.5 Å². The van der Waals surface area contributed by atoms with Crippen LogP contribution in [-0.4, -0.2) is 23.0 Å². The lowest BCUT2D eigenvalue weighted by molar-refractivity contribution is -0.730. The van der Waals surface area contributed by atoms with Gasteiger partial charge in [-0.05, 0) is 12.0 Å². The topological polar surface area (TPSA) is 86.0 Å². The molecule has 1 aromatic heterocycles. The first-order chi connectivity index (χ1) is 7.00. The zero-order valence-corrected chi connectivity index (χ0v) is 8.43. The molecule has 1 heterocycles. The van der Waals surface area contributed by atoms with Gasteiger partial charge in [-0.2, -0.15) is 0 Å². The molecule has 0 fully saturated rings. The van der Waals surface area contributed by atoms with Crippen molar-refractivity contribution in [3.05, 3.63) is 24.0 Å². The van der Waals surface area contributed by atoms with Crippen LogP contribution >= 0.6 is 0 Å². The Morgan fingerprint density at radius 2 is 2.27 bits per heavy atom. The number of aliphatic carboxylic acids is 1. The van der Waals surface area contributed by atoms with E-state index in [0.717, 1.165) is 0 Å². The maximum Gasteiger partial charge on any atom is 0.253 e. The van der Waals surface area contributed by atoms with Gasteiger partial charge in [0.2, 0.25) is 0 Å². The van der Waals surface area contributed by atoms with Gasteiger partial charge in [-0.3, -0.25) is 4.79 Å². The first-order valence-corrected chi connectivity index (χ1v) is 4.34. The van der Waals surface area contributed by atoms with E-state index in [-0.39, 0.29) is 0 Å². The molecule has 0 aliphatic heterocycles. The first kappa shape index (κ1) is 11.1. The quantitative estimate of drug-likeness (QED) is 0.571. The average molecular weight is 209 g/mol. The molecule has 80 valence electrons. The number of carbonyl (C=O) groups is 2. The number of amides is 1. The number of carbonyl (C=O) groups excluding carboxylic acids is 2. The Morgan fingerprint density at radius 1 is 1.60 bits per heavy atom. The summed E-state index contributed by atoms with van der Waals surface area (Å²) in [5, 5.41) is 16.5. The van der Waals surface area contributed by atoms with Crippen molar-refractivity contribution in [2.24, 2.45) is 7.05 Å². The fourth-order valence-corrected chi connectivity index (χ4v) is 0.896. The number of rotatable bonds is 3. The summed E-state index contributed by atoms with van der Waals surface area (Å²) in [6, 6.07) is 0.524. The number of aromatic nitrogens is 2. The summed E-state index contributed by atoms with van der Waals surface area (Å²) < 4.78 is 1.53. The molecule has 1 atom stereocenters. The van der Waals surface area contributed by atoms with Crippen LogP contribution in [0.4, 0.5) is 0 Å². The molecule has 0 bridgehead atoms.